The maximum Gasteiger partial charge on any atom is 0.158 e. The number of hydrogen-bond acceptors (Lipinski definition) is 4. The van der Waals surface area contributed by atoms with Crippen molar-refractivity contribution in [3.8, 4) is 0 Å². The lowest BCUT2D eigenvalue weighted by atomic mass is 10.2. The molecule has 0 spiro atoms. The highest BCUT2D eigenvalue weighted by Crippen LogP contribution is 2.17. The zero-order valence-corrected chi connectivity index (χ0v) is 9.14. The van der Waals surface area contributed by atoms with Gasteiger partial charge in [0.15, 0.2) is 5.82 Å². The summed E-state index contributed by atoms with van der Waals surface area (Å²) in [4.78, 5) is 7.88. The van der Waals surface area contributed by atoms with Crippen molar-refractivity contribution in [3.05, 3.63) is 29.5 Å². The Labute approximate surface area is 90.2 Å². The SMILES string of the molecule is C=Nc1ncccc1/C=C(\C)CN.CO. The summed E-state index contributed by atoms with van der Waals surface area (Å²) in [6.07, 6.45) is 3.66. The summed E-state index contributed by atoms with van der Waals surface area (Å²) in [7, 11) is 1.00. The summed E-state index contributed by atoms with van der Waals surface area (Å²) in [5.41, 5.74) is 7.53. The summed E-state index contributed by atoms with van der Waals surface area (Å²) in [6, 6.07) is 3.81. The van der Waals surface area contributed by atoms with E-state index in [1.165, 1.54) is 0 Å². The molecule has 4 nitrogen and oxygen atoms in total. The summed E-state index contributed by atoms with van der Waals surface area (Å²) >= 11 is 0. The van der Waals surface area contributed by atoms with Crippen molar-refractivity contribution in [2.75, 3.05) is 13.7 Å². The molecule has 0 saturated heterocycles. The van der Waals surface area contributed by atoms with Crippen molar-refractivity contribution < 1.29 is 5.11 Å². The van der Waals surface area contributed by atoms with E-state index < -0.39 is 0 Å². The Hall–Kier alpha value is -1.52. The molecule has 0 fully saturated rings. The molecular weight excluding hydrogens is 190 g/mol. The van der Waals surface area contributed by atoms with Crippen LogP contribution in [0.4, 0.5) is 5.82 Å². The van der Waals surface area contributed by atoms with Gasteiger partial charge in [-0.2, -0.15) is 0 Å². The molecule has 0 aromatic carbocycles. The lowest BCUT2D eigenvalue weighted by Gasteiger charge is -1.99. The minimum Gasteiger partial charge on any atom is -0.400 e. The average Bonchev–Trinajstić information content (AvgIpc) is 2.32. The third-order valence-electron chi connectivity index (χ3n) is 1.69. The molecule has 0 saturated carbocycles. The van der Waals surface area contributed by atoms with E-state index in [4.69, 9.17) is 10.8 Å². The molecule has 1 heterocycles. The van der Waals surface area contributed by atoms with Crippen LogP contribution in [0.5, 0.6) is 0 Å². The zero-order valence-electron chi connectivity index (χ0n) is 9.14. The minimum atomic E-state index is 0.547. The summed E-state index contributed by atoms with van der Waals surface area (Å²) < 4.78 is 0. The van der Waals surface area contributed by atoms with Crippen molar-refractivity contribution in [1.82, 2.24) is 4.98 Å². The average molecular weight is 207 g/mol. The smallest absolute Gasteiger partial charge is 0.158 e. The van der Waals surface area contributed by atoms with Crippen molar-refractivity contribution >= 4 is 18.6 Å². The molecular formula is C11H17N3O. The van der Waals surface area contributed by atoms with Crippen LogP contribution < -0.4 is 5.73 Å². The lowest BCUT2D eigenvalue weighted by Crippen LogP contribution is -1.99. The highest BCUT2D eigenvalue weighted by molar-refractivity contribution is 5.63. The predicted molar refractivity (Wildman–Crippen MR) is 64.3 cm³/mol. The van der Waals surface area contributed by atoms with Crippen LogP contribution in [0.15, 0.2) is 28.9 Å². The van der Waals surface area contributed by atoms with Crippen molar-refractivity contribution in [1.29, 1.82) is 0 Å². The monoisotopic (exact) mass is 207 g/mol. The van der Waals surface area contributed by atoms with Gasteiger partial charge in [-0.1, -0.05) is 11.6 Å². The molecule has 15 heavy (non-hydrogen) atoms. The van der Waals surface area contributed by atoms with E-state index in [1.807, 2.05) is 25.1 Å². The van der Waals surface area contributed by atoms with Gasteiger partial charge < -0.3 is 10.8 Å². The molecule has 0 unspecified atom stereocenters. The van der Waals surface area contributed by atoms with Crippen molar-refractivity contribution in [2.24, 2.45) is 10.7 Å². The maximum atomic E-state index is 7.00. The number of aliphatic imine (C=N–C) groups is 1. The second-order valence-electron chi connectivity index (χ2n) is 2.77. The molecule has 0 aliphatic rings. The molecule has 0 atom stereocenters. The quantitative estimate of drug-likeness (QED) is 0.735. The Bertz CT molecular complexity index is 334. The Kier molecular flexibility index (Phi) is 7.05. The molecule has 0 radical (unpaired) electrons. The molecule has 1 rings (SSSR count). The van der Waals surface area contributed by atoms with Crippen molar-refractivity contribution in [2.45, 2.75) is 6.92 Å². The molecule has 1 aromatic heterocycles. The van der Waals surface area contributed by atoms with Gasteiger partial charge in [-0.05, 0) is 25.8 Å². The Balaban J connectivity index is 0.000000921. The fourth-order valence-electron chi connectivity index (χ4n) is 0.979. The molecule has 0 aliphatic heterocycles. The first kappa shape index (κ1) is 13.5. The van der Waals surface area contributed by atoms with Crippen LogP contribution in [0.3, 0.4) is 0 Å². The van der Waals surface area contributed by atoms with E-state index in [0.29, 0.717) is 12.4 Å². The van der Waals surface area contributed by atoms with E-state index >= 15 is 0 Å². The van der Waals surface area contributed by atoms with Gasteiger partial charge in [0.2, 0.25) is 0 Å². The summed E-state index contributed by atoms with van der Waals surface area (Å²) in [6.45, 7) is 5.97. The van der Waals surface area contributed by atoms with Crippen LogP contribution >= 0.6 is 0 Å². The largest absolute Gasteiger partial charge is 0.400 e. The van der Waals surface area contributed by atoms with E-state index in [-0.39, 0.29) is 0 Å². The molecule has 0 bridgehead atoms. The third-order valence-corrected chi connectivity index (χ3v) is 1.69. The summed E-state index contributed by atoms with van der Waals surface area (Å²) in [5.74, 6) is 0.648. The van der Waals surface area contributed by atoms with E-state index in [2.05, 4.69) is 16.7 Å². The van der Waals surface area contributed by atoms with Gasteiger partial charge in [0.05, 0.1) is 0 Å². The fraction of sp³-hybridized carbons (Fsp3) is 0.273. The lowest BCUT2D eigenvalue weighted by molar-refractivity contribution is 0.399. The van der Waals surface area contributed by atoms with E-state index in [0.717, 1.165) is 18.2 Å². The van der Waals surface area contributed by atoms with Crippen LogP contribution in [0.1, 0.15) is 12.5 Å². The third kappa shape index (κ3) is 4.49. The van der Waals surface area contributed by atoms with Gasteiger partial charge in [0.25, 0.3) is 0 Å². The number of nitrogens with two attached hydrogens (primary N) is 1. The Morgan fingerprint density at radius 3 is 2.87 bits per heavy atom. The first-order valence-corrected chi connectivity index (χ1v) is 4.51. The maximum absolute atomic E-state index is 7.00. The van der Waals surface area contributed by atoms with Gasteiger partial charge in [-0.25, -0.2) is 9.98 Å². The first-order valence-electron chi connectivity index (χ1n) is 4.51. The Morgan fingerprint density at radius 2 is 2.33 bits per heavy atom. The van der Waals surface area contributed by atoms with E-state index in [1.54, 1.807) is 6.20 Å². The second kappa shape index (κ2) is 7.84. The van der Waals surface area contributed by atoms with Gasteiger partial charge in [-0.3, -0.25) is 0 Å². The number of pyridine rings is 1. The second-order valence-corrected chi connectivity index (χ2v) is 2.77. The predicted octanol–water partition coefficient (Wildman–Crippen LogP) is 1.38. The number of rotatable bonds is 3. The number of aromatic nitrogens is 1. The Morgan fingerprint density at radius 1 is 1.67 bits per heavy atom. The molecule has 3 N–H and O–H groups in total. The topological polar surface area (TPSA) is 71.5 Å². The van der Waals surface area contributed by atoms with Crippen molar-refractivity contribution in [3.63, 3.8) is 0 Å². The van der Waals surface area contributed by atoms with Crippen LogP contribution in [-0.4, -0.2) is 30.5 Å². The van der Waals surface area contributed by atoms with E-state index in [9.17, 15) is 0 Å². The minimum absolute atomic E-state index is 0.547. The highest BCUT2D eigenvalue weighted by Gasteiger charge is 1.96. The number of nitrogens with zero attached hydrogens (tertiary/aromatic N) is 2. The number of aliphatic hydroxyl groups is 1. The van der Waals surface area contributed by atoms with Crippen LogP contribution in [0, 0.1) is 0 Å². The molecule has 0 amide bonds. The number of hydrogen-bond donors (Lipinski definition) is 2. The van der Waals surface area contributed by atoms with Gasteiger partial charge in [0, 0.05) is 25.4 Å². The highest BCUT2D eigenvalue weighted by atomic mass is 16.2. The standard InChI is InChI=1S/C10H13N3.CH4O/c1-8(7-11)6-9-4-3-5-13-10(9)12-2;1-2/h3-6H,2,7,11H2,1H3;2H,1H3/b8-6+;. The normalized spacial score (nSPS) is 10.3. The number of aliphatic hydroxyl groups excluding tert-OH is 1. The van der Waals surface area contributed by atoms with Gasteiger partial charge in [-0.15, -0.1) is 0 Å². The fourth-order valence-corrected chi connectivity index (χ4v) is 0.979. The molecule has 4 heteroatoms. The molecule has 1 aromatic rings. The zero-order chi connectivity index (χ0) is 11.7. The van der Waals surface area contributed by atoms with Gasteiger partial charge in [0.1, 0.15) is 0 Å². The van der Waals surface area contributed by atoms with Crippen LogP contribution in [0.2, 0.25) is 0 Å². The summed E-state index contributed by atoms with van der Waals surface area (Å²) in [5, 5.41) is 7.00. The van der Waals surface area contributed by atoms with Crippen LogP contribution in [0.25, 0.3) is 6.08 Å². The molecule has 82 valence electrons. The van der Waals surface area contributed by atoms with Crippen LogP contribution in [-0.2, 0) is 0 Å². The first-order chi connectivity index (χ1) is 7.27. The van der Waals surface area contributed by atoms with Gasteiger partial charge >= 0.3 is 0 Å². The molecule has 0 aliphatic carbocycles.